The van der Waals surface area contributed by atoms with Crippen molar-refractivity contribution >= 4 is 30.9 Å². The Hall–Kier alpha value is -0.779. The Balaban J connectivity index is 3.17. The molecule has 1 aromatic rings. The van der Waals surface area contributed by atoms with E-state index in [0.29, 0.717) is 6.42 Å². The van der Waals surface area contributed by atoms with Gasteiger partial charge >= 0.3 is 0 Å². The van der Waals surface area contributed by atoms with Crippen molar-refractivity contribution in [1.29, 1.82) is 0 Å². The van der Waals surface area contributed by atoms with E-state index in [1.807, 2.05) is 18.0 Å². The normalized spacial score (nSPS) is 16.8. The Morgan fingerprint density at radius 2 is 1.20 bits per heavy atom. The third kappa shape index (κ3) is 11.5. The Labute approximate surface area is 276 Å². The van der Waals surface area contributed by atoms with Gasteiger partial charge in [0, 0.05) is 25.7 Å². The van der Waals surface area contributed by atoms with Crippen LogP contribution in [0.25, 0.3) is 0 Å². The van der Waals surface area contributed by atoms with Crippen LogP contribution in [0.1, 0.15) is 107 Å². The van der Waals surface area contributed by atoms with Gasteiger partial charge in [-0.05, 0) is 86.1 Å². The summed E-state index contributed by atoms with van der Waals surface area (Å²) in [5.74, 6) is -0.0126. The maximum Gasteiger partial charge on any atom is 0.225 e. The summed E-state index contributed by atoms with van der Waals surface area (Å²) in [4.78, 5) is 16.0. The fourth-order valence-electron chi connectivity index (χ4n) is 4.50. The van der Waals surface area contributed by atoms with Gasteiger partial charge in [-0.25, -0.2) is 0 Å². The average Bonchev–Trinajstić information content (AvgIpc) is 2.86. The van der Waals surface area contributed by atoms with Crippen LogP contribution in [0.2, 0.25) is 54.4 Å². The summed E-state index contributed by atoms with van der Waals surface area (Å²) in [5.41, 5.74) is 1.12. The van der Waals surface area contributed by atoms with Crippen LogP contribution in [-0.2, 0) is 18.1 Å². The molecule has 0 saturated carbocycles. The number of hydrogen-bond donors (Lipinski definition) is 0. The first kappa shape index (κ1) is 41.2. The fourth-order valence-corrected chi connectivity index (χ4v) is 8.31. The number of nitrogens with zero attached hydrogens (tertiary/aromatic N) is 1. The standard InChI is InChI=1S/C36H71NO4Si3/c1-28(27-31(40-43(15,16)35(6,7)8)25-22-26-39-42(13,14)34(3,4)5)33(38)37(12)29(2)32(30-23-20-19-21-24-30)41-44(17,18)36(9,10)11/h19-21,23-24,28-29,31-32H,22,25-27H2,1-18H3/t28-,29-,31-,32+/m1/s1. The van der Waals surface area contributed by atoms with Gasteiger partial charge in [-0.15, -0.1) is 0 Å². The molecule has 0 fully saturated rings. The zero-order valence-electron chi connectivity index (χ0n) is 32.1. The molecular formula is C36H71NO4Si3. The lowest BCUT2D eigenvalue weighted by molar-refractivity contribution is -0.138. The van der Waals surface area contributed by atoms with E-state index in [4.69, 9.17) is 13.3 Å². The van der Waals surface area contributed by atoms with E-state index in [0.717, 1.165) is 25.0 Å². The van der Waals surface area contributed by atoms with Gasteiger partial charge in [-0.3, -0.25) is 4.79 Å². The van der Waals surface area contributed by atoms with Crippen LogP contribution >= 0.6 is 0 Å². The molecule has 0 aliphatic heterocycles. The summed E-state index contributed by atoms with van der Waals surface area (Å²) in [6.45, 7) is 39.3. The molecule has 8 heteroatoms. The maximum atomic E-state index is 14.1. The second-order valence-electron chi connectivity index (χ2n) is 17.8. The largest absolute Gasteiger partial charge is 0.417 e. The number of carbonyl (C=O) groups is 1. The third-order valence-corrected chi connectivity index (χ3v) is 24.5. The molecule has 0 aromatic heterocycles. The number of hydrogen-bond acceptors (Lipinski definition) is 4. The van der Waals surface area contributed by atoms with Crippen molar-refractivity contribution in [1.82, 2.24) is 4.90 Å². The topological polar surface area (TPSA) is 48.0 Å². The molecule has 0 unspecified atom stereocenters. The SMILES string of the molecule is C[C@H](C[C@@H](CCCO[Si](C)(C)C(C)(C)C)O[Si](C)(C)C(C)(C)C)C(=O)N(C)[C@H](C)[C@H](O[Si](C)(C)C(C)(C)C)c1ccccc1. The predicted molar refractivity (Wildman–Crippen MR) is 198 cm³/mol. The van der Waals surface area contributed by atoms with Crippen LogP contribution in [0.15, 0.2) is 30.3 Å². The number of rotatable bonds is 15. The third-order valence-electron chi connectivity index (χ3n) is 11.0. The van der Waals surface area contributed by atoms with Crippen molar-refractivity contribution in [2.45, 2.75) is 168 Å². The molecule has 1 rings (SSSR count). The Morgan fingerprint density at radius 1 is 0.750 bits per heavy atom. The highest BCUT2D eigenvalue weighted by Gasteiger charge is 2.43. The van der Waals surface area contributed by atoms with Crippen molar-refractivity contribution in [2.75, 3.05) is 13.7 Å². The first-order valence-electron chi connectivity index (χ1n) is 17.0. The molecule has 0 heterocycles. The number of amides is 1. The Kier molecular flexibility index (Phi) is 14.4. The molecule has 4 atom stereocenters. The molecular weight excluding hydrogens is 595 g/mol. The number of benzene rings is 1. The van der Waals surface area contributed by atoms with Crippen molar-refractivity contribution < 1.29 is 18.1 Å². The molecule has 256 valence electrons. The van der Waals surface area contributed by atoms with Crippen LogP contribution < -0.4 is 0 Å². The van der Waals surface area contributed by atoms with Gasteiger partial charge in [0.1, 0.15) is 0 Å². The van der Waals surface area contributed by atoms with Crippen molar-refractivity contribution in [3.05, 3.63) is 35.9 Å². The number of carbonyl (C=O) groups excluding carboxylic acids is 1. The summed E-state index contributed by atoms with van der Waals surface area (Å²) in [6.07, 6.45) is 2.39. The minimum absolute atomic E-state index is 0.0231. The van der Waals surface area contributed by atoms with E-state index < -0.39 is 25.0 Å². The molecule has 0 spiro atoms. The minimum Gasteiger partial charge on any atom is -0.417 e. The van der Waals surface area contributed by atoms with Crippen molar-refractivity contribution in [3.63, 3.8) is 0 Å². The summed E-state index contributed by atoms with van der Waals surface area (Å²) in [6, 6.07) is 10.3. The Bertz CT molecular complexity index is 1020. The van der Waals surface area contributed by atoms with Gasteiger partial charge in [0.05, 0.1) is 12.1 Å². The molecule has 0 saturated heterocycles. The molecule has 5 nitrogen and oxygen atoms in total. The second-order valence-corrected chi connectivity index (χ2v) is 32.1. The van der Waals surface area contributed by atoms with Crippen LogP contribution in [0.5, 0.6) is 0 Å². The first-order valence-corrected chi connectivity index (χ1v) is 25.7. The zero-order valence-corrected chi connectivity index (χ0v) is 35.1. The quantitative estimate of drug-likeness (QED) is 0.138. The smallest absolute Gasteiger partial charge is 0.225 e. The molecule has 0 N–H and O–H groups in total. The van der Waals surface area contributed by atoms with Gasteiger partial charge in [-0.1, -0.05) is 99.6 Å². The van der Waals surface area contributed by atoms with E-state index in [2.05, 4.69) is 140 Å². The maximum absolute atomic E-state index is 14.1. The highest BCUT2D eigenvalue weighted by atomic mass is 28.4. The predicted octanol–water partition coefficient (Wildman–Crippen LogP) is 10.8. The molecule has 1 aromatic carbocycles. The second kappa shape index (κ2) is 15.4. The van der Waals surface area contributed by atoms with Crippen LogP contribution in [0.4, 0.5) is 0 Å². The van der Waals surface area contributed by atoms with Crippen LogP contribution in [0.3, 0.4) is 0 Å². The molecule has 0 radical (unpaired) electrons. The van der Waals surface area contributed by atoms with Crippen molar-refractivity contribution in [2.24, 2.45) is 5.92 Å². The summed E-state index contributed by atoms with van der Waals surface area (Å²) < 4.78 is 20.5. The Morgan fingerprint density at radius 3 is 1.66 bits per heavy atom. The monoisotopic (exact) mass is 665 g/mol. The molecule has 0 aliphatic rings. The van der Waals surface area contributed by atoms with Gasteiger partial charge in [0.15, 0.2) is 25.0 Å². The van der Waals surface area contributed by atoms with Gasteiger partial charge < -0.3 is 18.2 Å². The molecule has 1 amide bonds. The lowest BCUT2D eigenvalue weighted by atomic mass is 9.97. The highest BCUT2D eigenvalue weighted by Crippen LogP contribution is 2.42. The van der Waals surface area contributed by atoms with Crippen LogP contribution in [0, 0.1) is 5.92 Å². The molecule has 0 aliphatic carbocycles. The van der Waals surface area contributed by atoms with Crippen LogP contribution in [-0.4, -0.2) is 61.6 Å². The minimum atomic E-state index is -2.10. The average molecular weight is 666 g/mol. The van der Waals surface area contributed by atoms with Gasteiger partial charge in [-0.2, -0.15) is 0 Å². The first-order chi connectivity index (χ1) is 19.6. The lowest BCUT2D eigenvalue weighted by Crippen LogP contribution is -2.49. The van der Waals surface area contributed by atoms with Crippen molar-refractivity contribution in [3.8, 4) is 0 Å². The van der Waals surface area contributed by atoms with E-state index in [9.17, 15) is 4.79 Å². The highest BCUT2D eigenvalue weighted by molar-refractivity contribution is 6.75. The van der Waals surface area contributed by atoms with E-state index >= 15 is 0 Å². The summed E-state index contributed by atoms with van der Waals surface area (Å²) in [5, 5.41) is 0.363. The van der Waals surface area contributed by atoms with E-state index in [1.54, 1.807) is 0 Å². The number of likely N-dealkylation sites (N-methyl/N-ethyl adjacent to an activating group) is 1. The fraction of sp³-hybridized carbons (Fsp3) is 0.806. The van der Waals surface area contributed by atoms with E-state index in [1.165, 1.54) is 0 Å². The zero-order chi connectivity index (χ0) is 34.5. The van der Waals surface area contributed by atoms with Gasteiger partial charge in [0.2, 0.25) is 5.91 Å². The molecule has 44 heavy (non-hydrogen) atoms. The van der Waals surface area contributed by atoms with E-state index in [-0.39, 0.29) is 45.2 Å². The van der Waals surface area contributed by atoms with Gasteiger partial charge in [0.25, 0.3) is 0 Å². The molecule has 0 bridgehead atoms. The summed E-state index contributed by atoms with van der Waals surface area (Å²) in [7, 11) is -3.97. The summed E-state index contributed by atoms with van der Waals surface area (Å²) >= 11 is 0. The lowest BCUT2D eigenvalue weighted by Gasteiger charge is -2.43.